The van der Waals surface area contributed by atoms with Crippen molar-refractivity contribution in [3.05, 3.63) is 0 Å². The van der Waals surface area contributed by atoms with Crippen molar-refractivity contribution in [1.82, 2.24) is 5.32 Å². The molecule has 0 spiro atoms. The van der Waals surface area contributed by atoms with E-state index in [1.807, 2.05) is 0 Å². The fourth-order valence-electron chi connectivity index (χ4n) is 4.21. The summed E-state index contributed by atoms with van der Waals surface area (Å²) in [4.78, 5) is 11.8. The zero-order valence-corrected chi connectivity index (χ0v) is 20.5. The minimum absolute atomic E-state index is 0.00808. The first kappa shape index (κ1) is 27.3. The maximum atomic E-state index is 11.8. The fraction of sp³-hybridized carbons (Fsp3) is 0.958. The van der Waals surface area contributed by atoms with Crippen molar-refractivity contribution in [3.8, 4) is 0 Å². The smallest absolute Gasteiger partial charge is 0.407 e. The van der Waals surface area contributed by atoms with Crippen molar-refractivity contribution < 1.29 is 17.9 Å². The second-order valence-electron chi connectivity index (χ2n) is 9.47. The van der Waals surface area contributed by atoms with E-state index in [-0.39, 0.29) is 11.5 Å². The van der Waals surface area contributed by atoms with Crippen molar-refractivity contribution in [3.63, 3.8) is 0 Å². The number of hydrogen-bond acceptors (Lipinski definition) is 4. The largest absolute Gasteiger partial charge is 0.450 e. The van der Waals surface area contributed by atoms with E-state index >= 15 is 0 Å². The summed E-state index contributed by atoms with van der Waals surface area (Å²) >= 11 is 0. The molecule has 1 fully saturated rings. The van der Waals surface area contributed by atoms with Gasteiger partial charge in [-0.05, 0) is 19.8 Å². The Hall–Kier alpha value is -0.780. The number of alkyl carbamates (subject to hydrolysis) is 1. The Morgan fingerprint density at radius 1 is 0.800 bits per heavy atom. The van der Waals surface area contributed by atoms with Gasteiger partial charge in [0.15, 0.2) is 9.84 Å². The van der Waals surface area contributed by atoms with Crippen LogP contribution < -0.4 is 5.32 Å². The van der Waals surface area contributed by atoms with Crippen LogP contribution in [0.2, 0.25) is 0 Å². The van der Waals surface area contributed by atoms with Gasteiger partial charge in [-0.25, -0.2) is 13.2 Å². The van der Waals surface area contributed by atoms with Gasteiger partial charge in [0.1, 0.15) is 0 Å². The maximum Gasteiger partial charge on any atom is 0.407 e. The molecule has 178 valence electrons. The molecule has 1 aliphatic rings. The summed E-state index contributed by atoms with van der Waals surface area (Å²) in [5.41, 5.74) is -0.676. The zero-order chi connectivity index (χ0) is 22.1. The minimum atomic E-state index is -3.02. The van der Waals surface area contributed by atoms with Crippen LogP contribution in [-0.4, -0.2) is 38.2 Å². The van der Waals surface area contributed by atoms with Gasteiger partial charge in [0.2, 0.25) is 0 Å². The van der Waals surface area contributed by atoms with Gasteiger partial charge in [0, 0.05) is 0 Å². The first-order valence-corrected chi connectivity index (χ1v) is 14.3. The van der Waals surface area contributed by atoms with Crippen molar-refractivity contribution in [2.24, 2.45) is 0 Å². The second kappa shape index (κ2) is 15.9. The Balaban J connectivity index is 1.81. The zero-order valence-electron chi connectivity index (χ0n) is 19.7. The molecule has 0 bridgehead atoms. The van der Waals surface area contributed by atoms with Gasteiger partial charge in [-0.1, -0.05) is 103 Å². The van der Waals surface area contributed by atoms with Gasteiger partial charge >= 0.3 is 6.09 Å². The van der Waals surface area contributed by atoms with Crippen molar-refractivity contribution in [2.75, 3.05) is 18.1 Å². The number of amides is 1. The number of nitrogens with one attached hydrogen (secondary N) is 1. The van der Waals surface area contributed by atoms with E-state index in [1.54, 1.807) is 6.92 Å². The van der Waals surface area contributed by atoms with E-state index in [2.05, 4.69) is 12.2 Å². The van der Waals surface area contributed by atoms with Crippen LogP contribution in [0.4, 0.5) is 4.79 Å². The lowest BCUT2D eigenvalue weighted by Crippen LogP contribution is -2.47. The molecule has 1 aliphatic heterocycles. The number of carbonyl (C=O) groups excluding carboxylic acids is 1. The summed E-state index contributed by atoms with van der Waals surface area (Å²) in [7, 11) is -3.02. The van der Waals surface area contributed by atoms with Crippen LogP contribution in [0.5, 0.6) is 0 Å². The predicted molar refractivity (Wildman–Crippen MR) is 126 cm³/mol. The molecule has 1 rings (SSSR count). The average Bonchev–Trinajstić information content (AvgIpc) is 2.96. The van der Waals surface area contributed by atoms with Crippen LogP contribution in [0.1, 0.15) is 123 Å². The van der Waals surface area contributed by atoms with Gasteiger partial charge in [-0.3, -0.25) is 0 Å². The van der Waals surface area contributed by atoms with Crippen LogP contribution >= 0.6 is 0 Å². The Labute approximate surface area is 186 Å². The molecule has 0 radical (unpaired) electrons. The summed E-state index contributed by atoms with van der Waals surface area (Å²) in [5.74, 6) is 0.150. The van der Waals surface area contributed by atoms with Crippen LogP contribution in [0, 0.1) is 0 Å². The number of ether oxygens (including phenoxy) is 1. The van der Waals surface area contributed by atoms with E-state index in [1.165, 1.54) is 89.9 Å². The van der Waals surface area contributed by atoms with Gasteiger partial charge < -0.3 is 10.1 Å². The number of hydrogen-bond donors (Lipinski definition) is 1. The first-order valence-electron chi connectivity index (χ1n) is 12.5. The third kappa shape index (κ3) is 14.3. The molecule has 0 aromatic carbocycles. The molecule has 1 saturated heterocycles. The third-order valence-corrected chi connectivity index (χ3v) is 8.04. The molecule has 1 unspecified atom stereocenters. The molecule has 1 heterocycles. The lowest BCUT2D eigenvalue weighted by Gasteiger charge is -2.23. The van der Waals surface area contributed by atoms with E-state index < -0.39 is 21.5 Å². The van der Waals surface area contributed by atoms with Crippen LogP contribution in [-0.2, 0) is 14.6 Å². The summed E-state index contributed by atoms with van der Waals surface area (Å²) in [5, 5.41) is 2.73. The van der Waals surface area contributed by atoms with Crippen molar-refractivity contribution >= 4 is 15.9 Å². The molecule has 1 amide bonds. The minimum Gasteiger partial charge on any atom is -0.450 e. The normalized spacial score (nSPS) is 20.3. The molecular weight excluding hydrogens is 398 g/mol. The molecule has 6 heteroatoms. The molecule has 30 heavy (non-hydrogen) atoms. The highest BCUT2D eigenvalue weighted by atomic mass is 32.2. The molecule has 0 aliphatic carbocycles. The number of carbonyl (C=O) groups is 1. The highest BCUT2D eigenvalue weighted by Gasteiger charge is 2.39. The highest BCUT2D eigenvalue weighted by molar-refractivity contribution is 7.91. The molecule has 0 saturated carbocycles. The highest BCUT2D eigenvalue weighted by Crippen LogP contribution is 2.22. The van der Waals surface area contributed by atoms with Gasteiger partial charge in [-0.15, -0.1) is 0 Å². The average molecular weight is 446 g/mol. The molecule has 1 atom stereocenters. The lowest BCUT2D eigenvalue weighted by atomic mass is 10.0. The SMILES string of the molecule is CCCCCCCCCCCCCCCCCCOC(=O)NC1(C)CCS(=O)(=O)C1. The van der Waals surface area contributed by atoms with Gasteiger partial charge in [0.05, 0.1) is 23.7 Å². The standard InChI is InChI=1S/C24H47NO4S/c1-3-4-5-6-7-8-9-10-11-12-13-14-15-16-17-18-20-29-23(26)25-24(2)19-21-30(27,28)22-24/h3-22H2,1-2H3,(H,25,26). The summed E-state index contributed by atoms with van der Waals surface area (Å²) in [6.07, 6.45) is 21.0. The molecular formula is C24H47NO4S. The Bertz CT molecular complexity index is 549. The summed E-state index contributed by atoms with van der Waals surface area (Å²) < 4.78 is 28.3. The Kier molecular flexibility index (Phi) is 14.5. The van der Waals surface area contributed by atoms with Crippen LogP contribution in [0.3, 0.4) is 0 Å². The van der Waals surface area contributed by atoms with Crippen molar-refractivity contribution in [1.29, 1.82) is 0 Å². The van der Waals surface area contributed by atoms with Crippen LogP contribution in [0.25, 0.3) is 0 Å². The van der Waals surface area contributed by atoms with E-state index in [9.17, 15) is 13.2 Å². The quantitative estimate of drug-likeness (QED) is 0.243. The van der Waals surface area contributed by atoms with E-state index in [0.717, 1.165) is 12.8 Å². The van der Waals surface area contributed by atoms with Gasteiger partial charge in [-0.2, -0.15) is 0 Å². The van der Waals surface area contributed by atoms with E-state index in [4.69, 9.17) is 4.74 Å². The summed E-state index contributed by atoms with van der Waals surface area (Å²) in [6.45, 7) is 4.45. The summed E-state index contributed by atoms with van der Waals surface area (Å²) in [6, 6.07) is 0. The Morgan fingerprint density at radius 3 is 1.63 bits per heavy atom. The third-order valence-electron chi connectivity index (χ3n) is 6.14. The maximum absolute atomic E-state index is 11.8. The number of unbranched alkanes of at least 4 members (excludes halogenated alkanes) is 15. The molecule has 1 N–H and O–H groups in total. The second-order valence-corrected chi connectivity index (χ2v) is 11.7. The first-order chi connectivity index (χ1) is 14.4. The number of rotatable bonds is 18. The topological polar surface area (TPSA) is 72.5 Å². The van der Waals surface area contributed by atoms with Crippen molar-refractivity contribution in [2.45, 2.75) is 129 Å². The van der Waals surface area contributed by atoms with Gasteiger partial charge in [0.25, 0.3) is 0 Å². The molecule has 5 nitrogen and oxygen atoms in total. The van der Waals surface area contributed by atoms with E-state index in [0.29, 0.717) is 13.0 Å². The Morgan fingerprint density at radius 2 is 1.23 bits per heavy atom. The van der Waals surface area contributed by atoms with Crippen LogP contribution in [0.15, 0.2) is 0 Å². The fourth-order valence-corrected chi connectivity index (χ4v) is 6.30. The lowest BCUT2D eigenvalue weighted by molar-refractivity contribution is 0.134. The molecule has 0 aromatic rings. The number of sulfone groups is 1. The predicted octanol–water partition coefficient (Wildman–Crippen LogP) is 6.55. The monoisotopic (exact) mass is 445 g/mol. The molecule has 0 aromatic heterocycles.